The van der Waals surface area contributed by atoms with Gasteiger partial charge in [-0.2, -0.15) is 0 Å². The van der Waals surface area contributed by atoms with Crippen LogP contribution in [0.2, 0.25) is 0 Å². The van der Waals surface area contributed by atoms with Gasteiger partial charge in [0.15, 0.2) is 5.96 Å². The molecule has 1 aliphatic carbocycles. The predicted octanol–water partition coefficient (Wildman–Crippen LogP) is 2.04. The van der Waals surface area contributed by atoms with Crippen LogP contribution in [0.15, 0.2) is 29.3 Å². The number of halogens is 1. The molecule has 3 N–H and O–H groups in total. The molecule has 1 saturated heterocycles. The van der Waals surface area contributed by atoms with Gasteiger partial charge in [0.05, 0.1) is 6.54 Å². The molecule has 2 fully saturated rings. The number of likely N-dealkylation sites (tertiary alicyclic amines) is 1. The zero-order valence-corrected chi connectivity index (χ0v) is 15.1. The van der Waals surface area contributed by atoms with E-state index >= 15 is 0 Å². The fraction of sp³-hybridized carbons (Fsp3) is 0.632. The van der Waals surface area contributed by atoms with Gasteiger partial charge >= 0.3 is 0 Å². The van der Waals surface area contributed by atoms with Crippen LogP contribution < -0.4 is 10.6 Å². The maximum absolute atomic E-state index is 13.8. The Bertz CT molecular complexity index is 605. The summed E-state index contributed by atoms with van der Waals surface area (Å²) in [5.41, 5.74) is 0.288. The van der Waals surface area contributed by atoms with Crippen LogP contribution in [0.3, 0.4) is 0 Å². The number of hydrogen-bond donors (Lipinski definition) is 3. The van der Waals surface area contributed by atoms with Crippen molar-refractivity contribution in [2.45, 2.75) is 57.3 Å². The maximum atomic E-state index is 13.8. The first-order valence-corrected chi connectivity index (χ1v) is 9.31. The van der Waals surface area contributed by atoms with Gasteiger partial charge in [-0.25, -0.2) is 4.39 Å². The number of hydrogen-bond acceptors (Lipinski definition) is 3. The molecule has 1 saturated carbocycles. The molecule has 1 aromatic carbocycles. The van der Waals surface area contributed by atoms with Gasteiger partial charge in [-0.05, 0) is 39.2 Å². The van der Waals surface area contributed by atoms with Crippen LogP contribution in [-0.2, 0) is 0 Å². The van der Waals surface area contributed by atoms with Crippen molar-refractivity contribution in [3.63, 3.8) is 0 Å². The van der Waals surface area contributed by atoms with E-state index < -0.39 is 11.9 Å². The van der Waals surface area contributed by atoms with E-state index in [0.717, 1.165) is 25.6 Å². The lowest BCUT2D eigenvalue weighted by atomic mass is 10.1. The Morgan fingerprint density at radius 3 is 2.84 bits per heavy atom. The third-order valence-electron chi connectivity index (χ3n) is 5.01. The quantitative estimate of drug-likeness (QED) is 0.544. The normalized spacial score (nSPS) is 25.8. The van der Waals surface area contributed by atoms with E-state index in [1.165, 1.54) is 18.9 Å². The highest BCUT2D eigenvalue weighted by atomic mass is 19.1. The van der Waals surface area contributed by atoms with Crippen LogP contribution in [0.5, 0.6) is 0 Å². The second kappa shape index (κ2) is 8.15. The summed E-state index contributed by atoms with van der Waals surface area (Å²) in [5, 5.41) is 16.9. The van der Waals surface area contributed by atoms with Crippen molar-refractivity contribution in [3.05, 3.63) is 35.6 Å². The number of nitrogens with one attached hydrogen (secondary N) is 2. The van der Waals surface area contributed by atoms with Crippen molar-refractivity contribution in [3.8, 4) is 0 Å². The minimum Gasteiger partial charge on any atom is -0.386 e. The van der Waals surface area contributed by atoms with Crippen molar-refractivity contribution in [1.29, 1.82) is 0 Å². The van der Waals surface area contributed by atoms with E-state index in [9.17, 15) is 9.50 Å². The summed E-state index contributed by atoms with van der Waals surface area (Å²) < 4.78 is 13.8. The van der Waals surface area contributed by atoms with Crippen molar-refractivity contribution >= 4 is 5.96 Å². The second-order valence-corrected chi connectivity index (χ2v) is 7.11. The van der Waals surface area contributed by atoms with Crippen molar-refractivity contribution in [1.82, 2.24) is 15.5 Å². The average molecular weight is 348 g/mol. The average Bonchev–Trinajstić information content (AvgIpc) is 3.36. The lowest BCUT2D eigenvalue weighted by molar-refractivity contribution is 0.182. The summed E-state index contributed by atoms with van der Waals surface area (Å²) in [6, 6.07) is 8.02. The molecule has 1 heterocycles. The van der Waals surface area contributed by atoms with Gasteiger partial charge in [-0.1, -0.05) is 18.2 Å². The standard InChI is InChI=1S/C19H29FN4O/c1-3-21-19(22-11-18(25)16-6-4-5-7-17(16)20)23-14-10-13(2)24(12-14)15-8-9-15/h4-7,13-15,18,25H,3,8-12H2,1-2H3,(H2,21,22,23). The van der Waals surface area contributed by atoms with Gasteiger partial charge in [0.1, 0.15) is 11.9 Å². The van der Waals surface area contributed by atoms with Crippen LogP contribution in [0.25, 0.3) is 0 Å². The highest BCUT2D eigenvalue weighted by Gasteiger charge is 2.38. The first-order valence-electron chi connectivity index (χ1n) is 9.31. The van der Waals surface area contributed by atoms with Gasteiger partial charge in [0.25, 0.3) is 0 Å². The van der Waals surface area contributed by atoms with Crippen molar-refractivity contribution < 1.29 is 9.50 Å². The minimum atomic E-state index is -0.942. The molecule has 0 bridgehead atoms. The van der Waals surface area contributed by atoms with E-state index in [-0.39, 0.29) is 12.1 Å². The first-order chi connectivity index (χ1) is 12.1. The Hall–Kier alpha value is -1.66. The Balaban J connectivity index is 1.58. The summed E-state index contributed by atoms with van der Waals surface area (Å²) in [4.78, 5) is 7.04. The van der Waals surface area contributed by atoms with E-state index in [1.807, 2.05) is 6.92 Å². The van der Waals surface area contributed by atoms with Gasteiger partial charge in [-0.3, -0.25) is 9.89 Å². The molecule has 3 rings (SSSR count). The van der Waals surface area contributed by atoms with Crippen molar-refractivity contribution in [2.24, 2.45) is 4.99 Å². The Morgan fingerprint density at radius 2 is 2.16 bits per heavy atom. The minimum absolute atomic E-state index is 0.130. The smallest absolute Gasteiger partial charge is 0.191 e. The summed E-state index contributed by atoms with van der Waals surface area (Å²) in [7, 11) is 0. The predicted molar refractivity (Wildman–Crippen MR) is 98.1 cm³/mol. The lowest BCUT2D eigenvalue weighted by Gasteiger charge is -2.20. The Labute approximate surface area is 149 Å². The van der Waals surface area contributed by atoms with E-state index in [4.69, 9.17) is 0 Å². The zero-order chi connectivity index (χ0) is 17.8. The van der Waals surface area contributed by atoms with Gasteiger partial charge < -0.3 is 15.7 Å². The molecule has 0 radical (unpaired) electrons. The number of aliphatic hydroxyl groups excluding tert-OH is 1. The monoisotopic (exact) mass is 348 g/mol. The van der Waals surface area contributed by atoms with Crippen molar-refractivity contribution in [2.75, 3.05) is 19.6 Å². The highest BCUT2D eigenvalue weighted by molar-refractivity contribution is 5.80. The number of guanidine groups is 1. The molecular formula is C19H29FN4O. The topological polar surface area (TPSA) is 59.9 Å². The number of rotatable bonds is 6. The third-order valence-corrected chi connectivity index (χ3v) is 5.01. The summed E-state index contributed by atoms with van der Waals surface area (Å²) in [6.45, 7) is 6.21. The molecule has 25 heavy (non-hydrogen) atoms. The molecule has 5 nitrogen and oxygen atoms in total. The molecule has 3 unspecified atom stereocenters. The largest absolute Gasteiger partial charge is 0.386 e. The van der Waals surface area contributed by atoms with E-state index in [2.05, 4.69) is 27.4 Å². The summed E-state index contributed by atoms with van der Waals surface area (Å²) >= 11 is 0. The Morgan fingerprint density at radius 1 is 1.40 bits per heavy atom. The van der Waals surface area contributed by atoms with Crippen LogP contribution in [0, 0.1) is 5.82 Å². The van der Waals surface area contributed by atoms with Crippen LogP contribution >= 0.6 is 0 Å². The highest BCUT2D eigenvalue weighted by Crippen LogP contribution is 2.33. The maximum Gasteiger partial charge on any atom is 0.191 e. The Kier molecular flexibility index (Phi) is 5.91. The number of nitrogens with zero attached hydrogens (tertiary/aromatic N) is 2. The second-order valence-electron chi connectivity index (χ2n) is 7.11. The molecule has 1 aromatic rings. The molecule has 138 valence electrons. The summed E-state index contributed by atoms with van der Waals surface area (Å²) in [5.74, 6) is 0.292. The van der Waals surface area contributed by atoms with Crippen LogP contribution in [0.4, 0.5) is 4.39 Å². The molecule has 1 aliphatic heterocycles. The zero-order valence-electron chi connectivity index (χ0n) is 15.1. The number of benzene rings is 1. The van der Waals surface area contributed by atoms with Crippen LogP contribution in [-0.4, -0.2) is 53.7 Å². The molecule has 0 amide bonds. The molecule has 3 atom stereocenters. The lowest BCUT2D eigenvalue weighted by Crippen LogP contribution is -2.45. The summed E-state index contributed by atoms with van der Waals surface area (Å²) in [6.07, 6.45) is 2.79. The fourth-order valence-corrected chi connectivity index (χ4v) is 3.61. The van der Waals surface area contributed by atoms with E-state index in [0.29, 0.717) is 18.0 Å². The number of aliphatic hydroxyl groups is 1. The fourth-order valence-electron chi connectivity index (χ4n) is 3.61. The molecular weight excluding hydrogens is 319 g/mol. The third kappa shape index (κ3) is 4.70. The molecule has 6 heteroatoms. The van der Waals surface area contributed by atoms with Crippen LogP contribution in [0.1, 0.15) is 44.8 Å². The van der Waals surface area contributed by atoms with Gasteiger partial charge in [0.2, 0.25) is 0 Å². The van der Waals surface area contributed by atoms with E-state index in [1.54, 1.807) is 18.2 Å². The first kappa shape index (κ1) is 18.1. The van der Waals surface area contributed by atoms with Gasteiger partial charge in [0, 0.05) is 36.8 Å². The molecule has 2 aliphatic rings. The SMILES string of the molecule is CCNC(=NCC(O)c1ccccc1F)NC1CC(C)N(C2CC2)C1. The molecule has 0 spiro atoms. The number of aliphatic imine (C=N–C) groups is 1. The van der Waals surface area contributed by atoms with Gasteiger partial charge in [-0.15, -0.1) is 0 Å². The molecule has 0 aromatic heterocycles.